The summed E-state index contributed by atoms with van der Waals surface area (Å²) in [6.07, 6.45) is 11.3. The minimum absolute atomic E-state index is 0.725. The third kappa shape index (κ3) is 7.58. The van der Waals surface area contributed by atoms with Gasteiger partial charge in [-0.25, -0.2) is 4.98 Å². The summed E-state index contributed by atoms with van der Waals surface area (Å²) in [6, 6.07) is 41.0. The number of benzene rings is 4. The molecule has 0 saturated heterocycles. The molecule has 282 valence electrons. The van der Waals surface area contributed by atoms with Gasteiger partial charge in [0.25, 0.3) is 0 Å². The van der Waals surface area contributed by atoms with Gasteiger partial charge >= 0.3 is 0 Å². The quantitative estimate of drug-likeness (QED) is 0.0684. The lowest BCUT2D eigenvalue weighted by atomic mass is 10.0. The van der Waals surface area contributed by atoms with Crippen LogP contribution in [-0.4, -0.2) is 26.7 Å². The number of unbranched alkanes of at least 4 members (excludes halogenated alkanes) is 6. The van der Waals surface area contributed by atoms with Crippen molar-refractivity contribution in [2.24, 2.45) is 0 Å². The van der Waals surface area contributed by atoms with E-state index >= 15 is 0 Å². The minimum atomic E-state index is 0.725. The van der Waals surface area contributed by atoms with Crippen molar-refractivity contribution in [2.45, 2.75) is 78.3 Å². The third-order valence-electron chi connectivity index (χ3n) is 10.8. The fourth-order valence-electron chi connectivity index (χ4n) is 7.94. The van der Waals surface area contributed by atoms with Gasteiger partial charge in [0.15, 0.2) is 12.6 Å². The second-order valence-corrected chi connectivity index (χ2v) is 16.8. The van der Waals surface area contributed by atoms with Crippen LogP contribution in [0.5, 0.6) is 0 Å². The van der Waals surface area contributed by atoms with Crippen molar-refractivity contribution >= 4 is 57.1 Å². The first kappa shape index (κ1) is 37.5. The molecule has 56 heavy (non-hydrogen) atoms. The highest BCUT2D eigenvalue weighted by atomic mass is 32.1. The van der Waals surface area contributed by atoms with Crippen LogP contribution in [0.4, 0.5) is 0 Å². The number of hydrogen-bond donors (Lipinski definition) is 0. The van der Waals surface area contributed by atoms with Crippen molar-refractivity contribution in [3.05, 3.63) is 125 Å². The van der Waals surface area contributed by atoms with Gasteiger partial charge in [-0.1, -0.05) is 119 Å². The summed E-state index contributed by atoms with van der Waals surface area (Å²) in [4.78, 5) is 32.1. The Morgan fingerprint density at radius 2 is 1.05 bits per heavy atom. The molecule has 0 N–H and O–H groups in total. The van der Waals surface area contributed by atoms with Gasteiger partial charge in [0.2, 0.25) is 0 Å². The smallest absolute Gasteiger partial charge is 0.160 e. The number of carbonyl (C=O) groups excluding carboxylic acids is 2. The lowest BCUT2D eigenvalue weighted by Gasteiger charge is -2.14. The van der Waals surface area contributed by atoms with Gasteiger partial charge in [0.1, 0.15) is 5.82 Å². The number of imidazole rings is 1. The number of aryl methyl sites for hydroxylation is 1. The second-order valence-electron chi connectivity index (χ2n) is 14.6. The Balaban J connectivity index is 1.28. The van der Waals surface area contributed by atoms with Gasteiger partial charge in [-0.05, 0) is 72.5 Å². The van der Waals surface area contributed by atoms with Crippen molar-refractivity contribution in [2.75, 3.05) is 0 Å². The molecule has 0 aliphatic rings. The molecular weight excluding hydrogens is 727 g/mol. The molecule has 0 atom stereocenters. The van der Waals surface area contributed by atoms with Gasteiger partial charge in [-0.3, -0.25) is 9.59 Å². The van der Waals surface area contributed by atoms with E-state index in [9.17, 15) is 9.59 Å². The zero-order valence-electron chi connectivity index (χ0n) is 32.2. The Morgan fingerprint density at radius 3 is 1.64 bits per heavy atom. The van der Waals surface area contributed by atoms with E-state index in [0.29, 0.717) is 0 Å². The number of rotatable bonds is 17. The first-order valence-electron chi connectivity index (χ1n) is 20.0. The second kappa shape index (κ2) is 17.2. The summed E-state index contributed by atoms with van der Waals surface area (Å²) in [7, 11) is 0. The van der Waals surface area contributed by atoms with Crippen LogP contribution in [0, 0.1) is 0 Å². The molecule has 0 radical (unpaired) electrons. The van der Waals surface area contributed by atoms with Crippen LogP contribution in [0.15, 0.2) is 115 Å². The molecule has 0 bridgehead atoms. The lowest BCUT2D eigenvalue weighted by molar-refractivity contribution is 0.111. The van der Waals surface area contributed by atoms with Crippen LogP contribution < -0.4 is 0 Å². The van der Waals surface area contributed by atoms with Crippen LogP contribution in [0.25, 0.3) is 76.6 Å². The predicted octanol–water partition coefficient (Wildman–Crippen LogP) is 14.2. The van der Waals surface area contributed by atoms with Crippen molar-refractivity contribution in [3.8, 4) is 54.8 Å². The number of nitrogens with zero attached hydrogens (tertiary/aromatic N) is 3. The fourth-order valence-corrected chi connectivity index (χ4v) is 9.60. The van der Waals surface area contributed by atoms with Crippen molar-refractivity contribution < 1.29 is 9.59 Å². The summed E-state index contributed by atoms with van der Waals surface area (Å²) in [5, 5.41) is 2.55. The Kier molecular flexibility index (Phi) is 11.5. The highest BCUT2D eigenvalue weighted by Crippen LogP contribution is 2.41. The molecule has 0 fully saturated rings. The van der Waals surface area contributed by atoms with Gasteiger partial charge in [-0.2, -0.15) is 0 Å². The number of carbonyl (C=O) groups is 2. The van der Waals surface area contributed by atoms with Crippen molar-refractivity contribution in [1.29, 1.82) is 0 Å². The number of hydrogen-bond acceptors (Lipinski definition) is 5. The largest absolute Gasteiger partial charge is 0.340 e. The molecule has 8 rings (SSSR count). The summed E-state index contributed by atoms with van der Waals surface area (Å²) in [5.41, 5.74) is 10.1. The molecule has 0 aliphatic heterocycles. The topological polar surface area (TPSA) is 56.9 Å². The predicted molar refractivity (Wildman–Crippen MR) is 237 cm³/mol. The molecule has 8 aromatic rings. The zero-order valence-corrected chi connectivity index (χ0v) is 33.8. The fraction of sp³-hybridized carbons (Fsp3) is 0.245. The van der Waals surface area contributed by atoms with E-state index in [1.165, 1.54) is 83.0 Å². The summed E-state index contributed by atoms with van der Waals surface area (Å²) >= 11 is 3.02. The third-order valence-corrected chi connectivity index (χ3v) is 13.0. The van der Waals surface area contributed by atoms with Crippen LogP contribution >= 0.6 is 22.7 Å². The summed E-state index contributed by atoms with van der Waals surface area (Å²) in [6.45, 7) is 6.39. The number of fused-ring (bicyclic) bond motifs is 3. The van der Waals surface area contributed by atoms with Crippen LogP contribution in [0.3, 0.4) is 0 Å². The Hall–Kier alpha value is -5.37. The van der Waals surface area contributed by atoms with E-state index in [2.05, 4.69) is 114 Å². The normalized spacial score (nSPS) is 11.5. The molecule has 0 aliphatic carbocycles. The summed E-state index contributed by atoms with van der Waals surface area (Å²) in [5.74, 6) is 0.976. The lowest BCUT2D eigenvalue weighted by Crippen LogP contribution is -2.04. The van der Waals surface area contributed by atoms with Crippen LogP contribution in [-0.2, 0) is 13.1 Å². The standard InChI is InChI=1S/C49H47N3O2S2/c1-3-5-7-11-29-51-43-14-10-9-13-41(43)42-31-38(23-26-44(42)51)49-50-47(36-19-15-34(16-20-36)45-27-24-39(32-53)55-45)48(52(49)30-12-8-6-4-2)37-21-17-35(18-22-37)46-28-25-40(33-54)56-46/h9-10,13-28,31-33H,3-8,11-12,29-30H2,1-2H3. The van der Waals surface area contributed by atoms with Crippen LogP contribution in [0.1, 0.15) is 84.6 Å². The maximum Gasteiger partial charge on any atom is 0.160 e. The SMILES string of the molecule is CCCCCCn1c(-c2ccc3c(c2)c2ccccc2n3CCCCCC)nc(-c2ccc(-c3ccc(C=O)s3)cc2)c1-c1ccc(-c2ccc(C=O)s2)cc1. The van der Waals surface area contributed by atoms with Crippen molar-refractivity contribution in [1.82, 2.24) is 14.1 Å². The molecule has 7 heteroatoms. The number of aromatic nitrogens is 3. The van der Waals surface area contributed by atoms with Gasteiger partial charge < -0.3 is 9.13 Å². The highest BCUT2D eigenvalue weighted by molar-refractivity contribution is 7.17. The van der Waals surface area contributed by atoms with E-state index in [1.807, 2.05) is 24.3 Å². The molecule has 4 aromatic carbocycles. The average molecular weight is 774 g/mol. The first-order valence-corrected chi connectivity index (χ1v) is 21.7. The minimum Gasteiger partial charge on any atom is -0.340 e. The molecule has 4 heterocycles. The van der Waals surface area contributed by atoms with E-state index in [0.717, 1.165) is 103 Å². The van der Waals surface area contributed by atoms with Crippen molar-refractivity contribution in [3.63, 3.8) is 0 Å². The molecular formula is C49H47N3O2S2. The Morgan fingerprint density at radius 1 is 0.518 bits per heavy atom. The van der Waals surface area contributed by atoms with E-state index in [4.69, 9.17) is 4.98 Å². The Labute approximate surface area is 337 Å². The van der Waals surface area contributed by atoms with E-state index in [-0.39, 0.29) is 0 Å². The molecule has 4 aromatic heterocycles. The number of para-hydroxylation sites is 1. The molecule has 0 saturated carbocycles. The highest BCUT2D eigenvalue weighted by Gasteiger charge is 2.23. The van der Waals surface area contributed by atoms with E-state index in [1.54, 1.807) is 0 Å². The maximum atomic E-state index is 11.5. The van der Waals surface area contributed by atoms with Gasteiger partial charge in [0, 0.05) is 61.3 Å². The maximum absolute atomic E-state index is 11.5. The monoisotopic (exact) mass is 773 g/mol. The van der Waals surface area contributed by atoms with Gasteiger partial charge in [-0.15, -0.1) is 22.7 Å². The van der Waals surface area contributed by atoms with Crippen LogP contribution in [0.2, 0.25) is 0 Å². The molecule has 0 unspecified atom stereocenters. The summed E-state index contributed by atoms with van der Waals surface area (Å²) < 4.78 is 4.98. The molecule has 0 spiro atoms. The zero-order chi connectivity index (χ0) is 38.4. The van der Waals surface area contributed by atoms with E-state index < -0.39 is 0 Å². The average Bonchev–Trinajstić information content (AvgIpc) is 4.06. The first-order chi connectivity index (χ1) is 27.6. The molecule has 5 nitrogen and oxygen atoms in total. The molecule has 0 amide bonds. The number of aldehydes is 2. The Bertz CT molecular complexity index is 2600. The number of thiophene rings is 2. The van der Waals surface area contributed by atoms with Gasteiger partial charge in [0.05, 0.1) is 21.1 Å².